The van der Waals surface area contributed by atoms with E-state index in [1.807, 2.05) is 6.08 Å². The Bertz CT molecular complexity index is 1010. The van der Waals surface area contributed by atoms with E-state index in [4.69, 9.17) is 4.74 Å². The zero-order valence-electron chi connectivity index (χ0n) is 41.4. The third kappa shape index (κ3) is 47.6. The fourth-order valence-electron chi connectivity index (χ4n) is 8.15. The van der Waals surface area contributed by atoms with Crippen molar-refractivity contribution in [1.82, 2.24) is 5.32 Å². The molecular formula is C56H105NO5. The van der Waals surface area contributed by atoms with Gasteiger partial charge in [-0.05, 0) is 83.5 Å². The van der Waals surface area contributed by atoms with Crippen molar-refractivity contribution in [2.75, 3.05) is 13.2 Å². The number of nitrogens with one attached hydrogen (secondary N) is 1. The molecule has 6 nitrogen and oxygen atoms in total. The molecule has 0 saturated heterocycles. The number of unbranched alkanes of at least 4 members (excludes halogenated alkanes) is 35. The molecule has 6 heteroatoms. The summed E-state index contributed by atoms with van der Waals surface area (Å²) in [6, 6.07) is -0.637. The van der Waals surface area contributed by atoms with E-state index in [9.17, 15) is 19.8 Å². The Labute approximate surface area is 385 Å². The molecule has 2 atom stereocenters. The Hall–Kier alpha value is -1.92. The number of esters is 1. The highest BCUT2D eigenvalue weighted by atomic mass is 16.5. The third-order valence-corrected chi connectivity index (χ3v) is 12.4. The predicted octanol–water partition coefficient (Wildman–Crippen LogP) is 16.5. The van der Waals surface area contributed by atoms with Crippen LogP contribution in [0.25, 0.3) is 0 Å². The molecule has 364 valence electrons. The maximum atomic E-state index is 12.4. The number of allylic oxidation sites excluding steroid dienone is 5. The number of aliphatic hydroxyl groups is 2. The van der Waals surface area contributed by atoms with Crippen LogP contribution in [0.1, 0.15) is 284 Å². The predicted molar refractivity (Wildman–Crippen MR) is 269 cm³/mol. The number of hydrogen-bond acceptors (Lipinski definition) is 5. The van der Waals surface area contributed by atoms with E-state index in [2.05, 4.69) is 43.5 Å². The van der Waals surface area contributed by atoms with E-state index in [1.54, 1.807) is 6.08 Å². The summed E-state index contributed by atoms with van der Waals surface area (Å²) in [5.74, 6) is -0.0902. The second kappa shape index (κ2) is 51.7. The first-order valence-corrected chi connectivity index (χ1v) is 27.3. The molecule has 0 spiro atoms. The summed E-state index contributed by atoms with van der Waals surface area (Å²) in [4.78, 5) is 24.4. The molecule has 0 aromatic rings. The van der Waals surface area contributed by atoms with Crippen LogP contribution in [0, 0.1) is 0 Å². The average Bonchev–Trinajstić information content (AvgIpc) is 3.27. The van der Waals surface area contributed by atoms with E-state index in [-0.39, 0.29) is 18.5 Å². The van der Waals surface area contributed by atoms with Gasteiger partial charge in [-0.2, -0.15) is 0 Å². The van der Waals surface area contributed by atoms with Crippen molar-refractivity contribution in [2.45, 2.75) is 296 Å². The maximum absolute atomic E-state index is 12.4. The molecule has 0 bridgehead atoms. The van der Waals surface area contributed by atoms with Crippen molar-refractivity contribution in [3.8, 4) is 0 Å². The van der Waals surface area contributed by atoms with E-state index in [0.717, 1.165) is 64.2 Å². The fourth-order valence-corrected chi connectivity index (χ4v) is 8.15. The molecule has 0 saturated carbocycles. The number of amides is 1. The highest BCUT2D eigenvalue weighted by molar-refractivity contribution is 5.76. The first kappa shape index (κ1) is 60.1. The summed E-state index contributed by atoms with van der Waals surface area (Å²) in [5.41, 5.74) is 0. The lowest BCUT2D eigenvalue weighted by Gasteiger charge is -2.20. The van der Waals surface area contributed by atoms with Gasteiger partial charge in [0.2, 0.25) is 5.91 Å². The number of aliphatic hydroxyl groups excluding tert-OH is 2. The molecule has 0 radical (unpaired) electrons. The highest BCUT2D eigenvalue weighted by Crippen LogP contribution is 2.15. The molecule has 0 fully saturated rings. The van der Waals surface area contributed by atoms with Crippen LogP contribution in [0.2, 0.25) is 0 Å². The Morgan fingerprint density at radius 2 is 0.758 bits per heavy atom. The highest BCUT2D eigenvalue weighted by Gasteiger charge is 2.18. The first-order chi connectivity index (χ1) is 30.5. The molecule has 3 N–H and O–H groups in total. The lowest BCUT2D eigenvalue weighted by atomic mass is 10.0. The van der Waals surface area contributed by atoms with Crippen molar-refractivity contribution >= 4 is 11.9 Å². The van der Waals surface area contributed by atoms with Crippen LogP contribution in [-0.2, 0) is 14.3 Å². The molecule has 62 heavy (non-hydrogen) atoms. The van der Waals surface area contributed by atoms with Crippen molar-refractivity contribution in [2.24, 2.45) is 0 Å². The van der Waals surface area contributed by atoms with Crippen LogP contribution >= 0.6 is 0 Å². The minimum atomic E-state index is -0.852. The Kier molecular flexibility index (Phi) is 50.1. The monoisotopic (exact) mass is 872 g/mol. The fraction of sp³-hybridized carbons (Fsp3) is 0.857. The van der Waals surface area contributed by atoms with Crippen LogP contribution in [0.3, 0.4) is 0 Å². The number of carbonyl (C=O) groups is 2. The van der Waals surface area contributed by atoms with Crippen molar-refractivity contribution in [1.29, 1.82) is 0 Å². The van der Waals surface area contributed by atoms with Crippen LogP contribution in [-0.4, -0.2) is 47.4 Å². The molecular weight excluding hydrogens is 767 g/mol. The SMILES string of the molecule is CCCCCCC/C=C\CCCCCCCC(=O)OCCCCCCCCCCC/C=C\CCCCCCCC(=O)NC(CO)C(O)/C=C/CCCCCCCCCCCCC. The number of hydrogen-bond donors (Lipinski definition) is 3. The Morgan fingerprint density at radius 3 is 1.15 bits per heavy atom. The van der Waals surface area contributed by atoms with Crippen LogP contribution < -0.4 is 5.32 Å². The maximum Gasteiger partial charge on any atom is 0.305 e. The molecule has 0 aliphatic carbocycles. The lowest BCUT2D eigenvalue weighted by Crippen LogP contribution is -2.45. The topological polar surface area (TPSA) is 95.9 Å². The van der Waals surface area contributed by atoms with Crippen molar-refractivity contribution in [3.05, 3.63) is 36.5 Å². The number of ether oxygens (including phenoxy) is 1. The number of rotatable bonds is 50. The lowest BCUT2D eigenvalue weighted by molar-refractivity contribution is -0.143. The Morgan fingerprint density at radius 1 is 0.435 bits per heavy atom. The van der Waals surface area contributed by atoms with E-state index >= 15 is 0 Å². The van der Waals surface area contributed by atoms with Crippen LogP contribution in [0.15, 0.2) is 36.5 Å². The molecule has 2 unspecified atom stereocenters. The molecule has 0 aliphatic heterocycles. The Balaban J connectivity index is 3.48. The standard InChI is InChI=1S/C56H105NO5/c1-3-5-7-9-11-13-15-17-26-30-34-38-42-46-50-56(61)62-51-47-43-39-35-31-27-23-21-19-18-20-22-25-29-33-37-41-45-49-55(60)57-53(52-58)54(59)48-44-40-36-32-28-24-16-14-12-10-8-6-4-2/h15,17,20,22,44,48,53-54,58-59H,3-14,16,18-19,21,23-43,45-47,49-52H2,1-2H3,(H,57,60)/b17-15-,22-20-,48-44+. The molecule has 0 aliphatic rings. The minimum absolute atomic E-state index is 0.00696. The molecule has 0 aromatic carbocycles. The van der Waals surface area contributed by atoms with E-state index in [0.29, 0.717) is 19.4 Å². The zero-order chi connectivity index (χ0) is 45.1. The van der Waals surface area contributed by atoms with Gasteiger partial charge in [0.15, 0.2) is 0 Å². The van der Waals surface area contributed by atoms with Gasteiger partial charge in [0.1, 0.15) is 0 Å². The average molecular weight is 872 g/mol. The minimum Gasteiger partial charge on any atom is -0.466 e. The zero-order valence-corrected chi connectivity index (χ0v) is 41.4. The normalized spacial score (nSPS) is 12.9. The van der Waals surface area contributed by atoms with Crippen LogP contribution in [0.4, 0.5) is 0 Å². The summed E-state index contributed by atoms with van der Waals surface area (Å²) in [7, 11) is 0. The van der Waals surface area contributed by atoms with E-state index < -0.39 is 12.1 Å². The van der Waals surface area contributed by atoms with Crippen LogP contribution in [0.5, 0.6) is 0 Å². The van der Waals surface area contributed by atoms with Gasteiger partial charge in [-0.15, -0.1) is 0 Å². The number of carbonyl (C=O) groups excluding carboxylic acids is 2. The molecule has 0 heterocycles. The van der Waals surface area contributed by atoms with Gasteiger partial charge in [0.25, 0.3) is 0 Å². The summed E-state index contributed by atoms with van der Waals surface area (Å²) in [6.07, 6.45) is 62.9. The van der Waals surface area contributed by atoms with Crippen molar-refractivity contribution < 1.29 is 24.5 Å². The summed E-state index contributed by atoms with van der Waals surface area (Å²) >= 11 is 0. The largest absolute Gasteiger partial charge is 0.466 e. The van der Waals surface area contributed by atoms with Crippen molar-refractivity contribution in [3.63, 3.8) is 0 Å². The summed E-state index contributed by atoms with van der Waals surface area (Å²) < 4.78 is 5.46. The molecule has 1 amide bonds. The summed E-state index contributed by atoms with van der Waals surface area (Å²) in [6.45, 7) is 4.87. The van der Waals surface area contributed by atoms with Gasteiger partial charge in [-0.25, -0.2) is 0 Å². The molecule has 0 rings (SSSR count). The quantitative estimate of drug-likeness (QED) is 0.0321. The molecule has 0 aromatic heterocycles. The second-order valence-corrected chi connectivity index (χ2v) is 18.5. The first-order valence-electron chi connectivity index (χ1n) is 27.3. The van der Waals surface area contributed by atoms with Gasteiger partial charge in [-0.3, -0.25) is 9.59 Å². The van der Waals surface area contributed by atoms with Gasteiger partial charge in [0.05, 0.1) is 25.4 Å². The van der Waals surface area contributed by atoms with Gasteiger partial charge >= 0.3 is 5.97 Å². The van der Waals surface area contributed by atoms with E-state index in [1.165, 1.54) is 193 Å². The van der Waals surface area contributed by atoms with Gasteiger partial charge in [0, 0.05) is 12.8 Å². The smallest absolute Gasteiger partial charge is 0.305 e. The van der Waals surface area contributed by atoms with Gasteiger partial charge in [-0.1, -0.05) is 224 Å². The van der Waals surface area contributed by atoms with Gasteiger partial charge < -0.3 is 20.3 Å². The third-order valence-electron chi connectivity index (χ3n) is 12.4. The second-order valence-electron chi connectivity index (χ2n) is 18.5. The summed E-state index contributed by atoms with van der Waals surface area (Å²) in [5, 5.41) is 23.0.